The zero-order valence-electron chi connectivity index (χ0n) is 9.00. The molecule has 3 nitrogen and oxygen atoms in total. The summed E-state index contributed by atoms with van der Waals surface area (Å²) >= 11 is 0. The molecule has 78 valence electrons. The van der Waals surface area contributed by atoms with Crippen molar-refractivity contribution in [3.05, 3.63) is 0 Å². The molecule has 1 unspecified atom stereocenters. The van der Waals surface area contributed by atoms with Crippen LogP contribution < -0.4 is 5.32 Å². The molecule has 0 aliphatic carbocycles. The van der Waals surface area contributed by atoms with Crippen LogP contribution in [0.1, 0.15) is 40.5 Å². The highest BCUT2D eigenvalue weighted by molar-refractivity contribution is 5.73. The van der Waals surface area contributed by atoms with Gasteiger partial charge in [-0.05, 0) is 18.8 Å². The van der Waals surface area contributed by atoms with Crippen LogP contribution in [0.2, 0.25) is 0 Å². The van der Waals surface area contributed by atoms with E-state index in [0.29, 0.717) is 6.04 Å². The van der Waals surface area contributed by atoms with E-state index in [1.165, 1.54) is 0 Å². The highest BCUT2D eigenvalue weighted by Gasteiger charge is 2.22. The Morgan fingerprint density at radius 2 is 1.77 bits per heavy atom. The minimum atomic E-state index is -0.748. The van der Waals surface area contributed by atoms with Crippen molar-refractivity contribution in [1.82, 2.24) is 5.32 Å². The van der Waals surface area contributed by atoms with Gasteiger partial charge in [-0.15, -0.1) is 0 Å². The Balaban J connectivity index is 4.16. The normalized spacial score (nSPS) is 13.7. The van der Waals surface area contributed by atoms with Crippen LogP contribution in [0.15, 0.2) is 0 Å². The molecule has 0 spiro atoms. The fourth-order valence-corrected chi connectivity index (χ4v) is 1.33. The summed E-state index contributed by atoms with van der Waals surface area (Å²) in [6.07, 6.45) is 1.96. The van der Waals surface area contributed by atoms with E-state index in [1.807, 2.05) is 13.8 Å². The van der Waals surface area contributed by atoms with Gasteiger partial charge >= 0.3 is 5.97 Å². The van der Waals surface area contributed by atoms with Crippen molar-refractivity contribution in [2.45, 2.75) is 52.6 Å². The molecule has 0 saturated heterocycles. The number of carboxylic acids is 1. The maximum atomic E-state index is 10.8. The van der Waals surface area contributed by atoms with Crippen LogP contribution >= 0.6 is 0 Å². The summed E-state index contributed by atoms with van der Waals surface area (Å²) in [7, 11) is 0. The Bertz CT molecular complexity index is 153. The summed E-state index contributed by atoms with van der Waals surface area (Å²) in [4.78, 5) is 10.8. The molecule has 2 N–H and O–H groups in total. The molecule has 0 aromatic heterocycles. The molecule has 0 saturated carbocycles. The maximum absolute atomic E-state index is 10.8. The molecule has 3 heteroatoms. The van der Waals surface area contributed by atoms with Gasteiger partial charge in [0.25, 0.3) is 0 Å². The lowest BCUT2D eigenvalue weighted by Gasteiger charge is -2.23. The van der Waals surface area contributed by atoms with Crippen molar-refractivity contribution in [2.24, 2.45) is 5.92 Å². The van der Waals surface area contributed by atoms with Gasteiger partial charge in [-0.1, -0.05) is 27.7 Å². The first-order valence-corrected chi connectivity index (χ1v) is 5.01. The fourth-order valence-electron chi connectivity index (χ4n) is 1.33. The summed E-state index contributed by atoms with van der Waals surface area (Å²) in [5.41, 5.74) is 0. The lowest BCUT2D eigenvalue weighted by atomic mass is 10.0. The third kappa shape index (κ3) is 4.27. The van der Waals surface area contributed by atoms with Gasteiger partial charge in [-0.3, -0.25) is 4.79 Å². The second-order valence-electron chi connectivity index (χ2n) is 3.74. The predicted molar refractivity (Wildman–Crippen MR) is 53.8 cm³/mol. The molecule has 13 heavy (non-hydrogen) atoms. The van der Waals surface area contributed by atoms with Crippen LogP contribution in [0, 0.1) is 5.92 Å². The van der Waals surface area contributed by atoms with E-state index in [0.717, 1.165) is 12.8 Å². The van der Waals surface area contributed by atoms with E-state index in [9.17, 15) is 4.79 Å². The van der Waals surface area contributed by atoms with Gasteiger partial charge in [0.1, 0.15) is 6.04 Å². The Kier molecular flexibility index (Phi) is 5.71. The van der Waals surface area contributed by atoms with Crippen LogP contribution in [0.3, 0.4) is 0 Å². The summed E-state index contributed by atoms with van der Waals surface area (Å²) in [6.45, 7) is 7.99. The van der Waals surface area contributed by atoms with Gasteiger partial charge in [0, 0.05) is 6.04 Å². The minimum absolute atomic E-state index is 0.137. The largest absolute Gasteiger partial charge is 0.480 e. The number of aliphatic carboxylic acids is 1. The van der Waals surface area contributed by atoms with Gasteiger partial charge in [0.2, 0.25) is 0 Å². The lowest BCUT2D eigenvalue weighted by Crippen LogP contribution is -2.46. The lowest BCUT2D eigenvalue weighted by molar-refractivity contribution is -0.140. The average molecular weight is 187 g/mol. The molecule has 0 aromatic rings. The highest BCUT2D eigenvalue weighted by atomic mass is 16.4. The molecule has 0 fully saturated rings. The molecule has 0 heterocycles. The summed E-state index contributed by atoms with van der Waals surface area (Å²) in [5.74, 6) is -0.611. The number of hydrogen-bond acceptors (Lipinski definition) is 2. The van der Waals surface area contributed by atoms with Crippen molar-refractivity contribution < 1.29 is 9.90 Å². The first kappa shape index (κ1) is 12.4. The Morgan fingerprint density at radius 1 is 1.31 bits per heavy atom. The van der Waals surface area contributed by atoms with E-state index in [-0.39, 0.29) is 5.92 Å². The molecule has 0 rings (SSSR count). The number of hydrogen-bond donors (Lipinski definition) is 2. The summed E-state index contributed by atoms with van der Waals surface area (Å²) in [5, 5.41) is 12.1. The predicted octanol–water partition coefficient (Wildman–Crippen LogP) is 1.87. The highest BCUT2D eigenvalue weighted by Crippen LogP contribution is 2.06. The van der Waals surface area contributed by atoms with Crippen LogP contribution in [-0.4, -0.2) is 23.2 Å². The third-order valence-corrected chi connectivity index (χ3v) is 2.33. The second kappa shape index (κ2) is 5.97. The summed E-state index contributed by atoms with van der Waals surface area (Å²) < 4.78 is 0. The standard InChI is InChI=1S/C10H21NO2/c1-5-8(6-2)11-9(7(3)4)10(12)13/h7-9,11H,5-6H2,1-4H3,(H,12,13). The zero-order chi connectivity index (χ0) is 10.4. The number of carbonyl (C=O) groups is 1. The van der Waals surface area contributed by atoms with Crippen LogP contribution in [0.4, 0.5) is 0 Å². The van der Waals surface area contributed by atoms with Crippen molar-refractivity contribution in [2.75, 3.05) is 0 Å². The Morgan fingerprint density at radius 3 is 2.00 bits per heavy atom. The van der Waals surface area contributed by atoms with Crippen LogP contribution in [0.25, 0.3) is 0 Å². The first-order chi connectivity index (χ1) is 6.02. The molecule has 0 aliphatic heterocycles. The van der Waals surface area contributed by atoms with E-state index < -0.39 is 12.0 Å². The van der Waals surface area contributed by atoms with Gasteiger partial charge in [0.15, 0.2) is 0 Å². The maximum Gasteiger partial charge on any atom is 0.320 e. The average Bonchev–Trinajstić information content (AvgIpc) is 2.05. The van der Waals surface area contributed by atoms with Gasteiger partial charge in [-0.25, -0.2) is 0 Å². The molecule has 0 aromatic carbocycles. The van der Waals surface area contributed by atoms with Gasteiger partial charge in [0.05, 0.1) is 0 Å². The Hall–Kier alpha value is -0.570. The topological polar surface area (TPSA) is 49.3 Å². The second-order valence-corrected chi connectivity index (χ2v) is 3.74. The SMILES string of the molecule is CCC(CC)NC(C(=O)O)C(C)C. The molecule has 0 amide bonds. The fraction of sp³-hybridized carbons (Fsp3) is 0.900. The molecular weight excluding hydrogens is 166 g/mol. The van der Waals surface area contributed by atoms with E-state index in [4.69, 9.17) is 5.11 Å². The molecule has 0 aliphatic rings. The monoisotopic (exact) mass is 187 g/mol. The van der Waals surface area contributed by atoms with Crippen molar-refractivity contribution in [3.8, 4) is 0 Å². The van der Waals surface area contributed by atoms with E-state index >= 15 is 0 Å². The Labute approximate surface area is 80.5 Å². The quantitative estimate of drug-likeness (QED) is 0.667. The molecule has 0 radical (unpaired) electrons. The van der Waals surface area contributed by atoms with Crippen molar-refractivity contribution in [1.29, 1.82) is 0 Å². The number of nitrogens with one attached hydrogen (secondary N) is 1. The summed E-state index contributed by atoms with van der Waals surface area (Å²) in [6, 6.07) is -0.0894. The van der Waals surface area contributed by atoms with Gasteiger partial charge in [-0.2, -0.15) is 0 Å². The molecular formula is C10H21NO2. The van der Waals surface area contributed by atoms with Gasteiger partial charge < -0.3 is 10.4 Å². The first-order valence-electron chi connectivity index (χ1n) is 5.01. The van der Waals surface area contributed by atoms with Crippen molar-refractivity contribution in [3.63, 3.8) is 0 Å². The van der Waals surface area contributed by atoms with Crippen LogP contribution in [-0.2, 0) is 4.79 Å². The minimum Gasteiger partial charge on any atom is -0.480 e. The van der Waals surface area contributed by atoms with Crippen LogP contribution in [0.5, 0.6) is 0 Å². The van der Waals surface area contributed by atoms with Crippen molar-refractivity contribution >= 4 is 5.97 Å². The smallest absolute Gasteiger partial charge is 0.320 e. The number of carboxylic acid groups (broad SMARTS) is 1. The number of rotatable bonds is 6. The zero-order valence-corrected chi connectivity index (χ0v) is 9.00. The third-order valence-electron chi connectivity index (χ3n) is 2.33. The van der Waals surface area contributed by atoms with E-state index in [2.05, 4.69) is 19.2 Å². The van der Waals surface area contributed by atoms with E-state index in [1.54, 1.807) is 0 Å². The molecule has 1 atom stereocenters. The molecule has 0 bridgehead atoms.